The molecule has 0 saturated heterocycles. The molecule has 0 fully saturated rings. The van der Waals surface area contributed by atoms with Gasteiger partial charge in [0.2, 0.25) is 0 Å². The monoisotopic (exact) mass is 266 g/mol. The third-order valence-corrected chi connectivity index (χ3v) is 2.75. The predicted octanol–water partition coefficient (Wildman–Crippen LogP) is 5.15. The molecule has 0 radical (unpaired) electrons. The van der Waals surface area contributed by atoms with Gasteiger partial charge in [-0.05, 0) is 29.3 Å². The van der Waals surface area contributed by atoms with E-state index in [1.807, 2.05) is 0 Å². The summed E-state index contributed by atoms with van der Waals surface area (Å²) >= 11 is 0. The average molecular weight is 266 g/mol. The van der Waals surface area contributed by atoms with Crippen molar-refractivity contribution in [3.8, 4) is 11.1 Å². The Labute approximate surface area is 108 Å². The average Bonchev–Trinajstić information content (AvgIpc) is 2.38. The minimum Gasteiger partial charge on any atom is -0.206 e. The second-order valence-corrected chi connectivity index (χ2v) is 3.99. The van der Waals surface area contributed by atoms with E-state index >= 15 is 0 Å². The molecule has 2 rings (SSSR count). The van der Waals surface area contributed by atoms with E-state index in [-0.39, 0.29) is 11.1 Å². The van der Waals surface area contributed by atoms with Gasteiger partial charge in [0.1, 0.15) is 5.82 Å². The largest absolute Gasteiger partial charge is 0.417 e. The quantitative estimate of drug-likeness (QED) is 0.659. The Balaban J connectivity index is 2.69. The summed E-state index contributed by atoms with van der Waals surface area (Å²) in [6.45, 7) is 3.52. The zero-order valence-electron chi connectivity index (χ0n) is 9.84. The Kier molecular flexibility index (Phi) is 3.42. The molecule has 98 valence electrons. The highest BCUT2D eigenvalue weighted by Crippen LogP contribution is 2.38. The number of benzene rings is 2. The molecule has 0 aliphatic rings. The predicted molar refractivity (Wildman–Crippen MR) is 66.9 cm³/mol. The van der Waals surface area contributed by atoms with E-state index in [9.17, 15) is 17.6 Å². The lowest BCUT2D eigenvalue weighted by molar-refractivity contribution is -0.137. The number of rotatable bonds is 2. The highest BCUT2D eigenvalue weighted by Gasteiger charge is 2.33. The molecule has 0 aliphatic carbocycles. The SMILES string of the molecule is C=Cc1ccc(F)c(-c2ccccc2C(F)(F)F)c1. The van der Waals surface area contributed by atoms with Gasteiger partial charge in [-0.3, -0.25) is 0 Å². The van der Waals surface area contributed by atoms with Crippen molar-refractivity contribution in [3.05, 3.63) is 66.0 Å². The van der Waals surface area contributed by atoms with E-state index in [2.05, 4.69) is 6.58 Å². The van der Waals surface area contributed by atoms with Crippen LogP contribution < -0.4 is 0 Å². The van der Waals surface area contributed by atoms with Gasteiger partial charge in [0.05, 0.1) is 5.56 Å². The maximum Gasteiger partial charge on any atom is 0.417 e. The standard InChI is InChI=1S/C15H10F4/c1-2-10-7-8-14(16)12(9-10)11-5-3-4-6-13(11)15(17,18)19/h2-9H,1H2. The van der Waals surface area contributed by atoms with Crippen LogP contribution in [0.2, 0.25) is 0 Å². The number of halogens is 4. The van der Waals surface area contributed by atoms with Crippen LogP contribution in [0.1, 0.15) is 11.1 Å². The number of hydrogen-bond donors (Lipinski definition) is 0. The Morgan fingerprint density at radius 3 is 2.26 bits per heavy atom. The maximum absolute atomic E-state index is 13.8. The molecular weight excluding hydrogens is 256 g/mol. The van der Waals surface area contributed by atoms with E-state index in [1.165, 1.54) is 36.4 Å². The highest BCUT2D eigenvalue weighted by atomic mass is 19.4. The zero-order valence-corrected chi connectivity index (χ0v) is 9.84. The Hall–Kier alpha value is -2.10. The second kappa shape index (κ2) is 4.88. The molecule has 0 aromatic heterocycles. The molecule has 0 aliphatic heterocycles. The second-order valence-electron chi connectivity index (χ2n) is 3.99. The third-order valence-electron chi connectivity index (χ3n) is 2.75. The van der Waals surface area contributed by atoms with Crippen molar-refractivity contribution in [2.45, 2.75) is 6.18 Å². The van der Waals surface area contributed by atoms with Crippen molar-refractivity contribution in [2.24, 2.45) is 0 Å². The van der Waals surface area contributed by atoms with E-state index in [4.69, 9.17) is 0 Å². The first-order valence-corrected chi connectivity index (χ1v) is 5.52. The van der Waals surface area contributed by atoms with Crippen molar-refractivity contribution in [1.82, 2.24) is 0 Å². The van der Waals surface area contributed by atoms with Crippen LogP contribution in [0.3, 0.4) is 0 Å². The highest BCUT2D eigenvalue weighted by molar-refractivity contribution is 5.71. The van der Waals surface area contributed by atoms with Crippen LogP contribution in [0, 0.1) is 5.82 Å². The zero-order chi connectivity index (χ0) is 14.0. The molecule has 0 nitrogen and oxygen atoms in total. The van der Waals surface area contributed by atoms with Gasteiger partial charge in [-0.1, -0.05) is 36.9 Å². The fourth-order valence-corrected chi connectivity index (χ4v) is 1.84. The minimum absolute atomic E-state index is 0.0784. The van der Waals surface area contributed by atoms with Crippen LogP contribution in [0.25, 0.3) is 17.2 Å². The fourth-order valence-electron chi connectivity index (χ4n) is 1.84. The Morgan fingerprint density at radius 1 is 0.947 bits per heavy atom. The van der Waals surface area contributed by atoms with E-state index < -0.39 is 17.6 Å². The lowest BCUT2D eigenvalue weighted by Gasteiger charge is -2.13. The maximum atomic E-state index is 13.8. The van der Waals surface area contributed by atoms with Crippen LogP contribution in [-0.4, -0.2) is 0 Å². The molecule has 0 heterocycles. The third kappa shape index (κ3) is 2.67. The molecule has 2 aromatic carbocycles. The molecule has 0 spiro atoms. The minimum atomic E-state index is -4.52. The Bertz CT molecular complexity index is 612. The molecule has 0 N–H and O–H groups in total. The van der Waals surface area contributed by atoms with E-state index in [0.29, 0.717) is 5.56 Å². The molecule has 0 saturated carbocycles. The van der Waals surface area contributed by atoms with Crippen molar-refractivity contribution < 1.29 is 17.6 Å². The normalized spacial score (nSPS) is 11.4. The molecule has 0 amide bonds. The smallest absolute Gasteiger partial charge is 0.206 e. The van der Waals surface area contributed by atoms with Crippen molar-refractivity contribution in [2.75, 3.05) is 0 Å². The fraction of sp³-hybridized carbons (Fsp3) is 0.0667. The summed E-state index contributed by atoms with van der Waals surface area (Å²) in [5.41, 5.74) is -0.537. The van der Waals surface area contributed by atoms with E-state index in [1.54, 1.807) is 0 Å². The number of hydrogen-bond acceptors (Lipinski definition) is 0. The molecule has 19 heavy (non-hydrogen) atoms. The van der Waals surface area contributed by atoms with Gasteiger partial charge < -0.3 is 0 Å². The van der Waals surface area contributed by atoms with Gasteiger partial charge >= 0.3 is 6.18 Å². The van der Waals surface area contributed by atoms with Crippen LogP contribution in [0.5, 0.6) is 0 Å². The van der Waals surface area contributed by atoms with Crippen LogP contribution in [0.4, 0.5) is 17.6 Å². The lowest BCUT2D eigenvalue weighted by Crippen LogP contribution is -2.07. The number of alkyl halides is 3. The van der Waals surface area contributed by atoms with Crippen LogP contribution in [0.15, 0.2) is 49.0 Å². The summed E-state index contributed by atoms with van der Waals surface area (Å²) in [4.78, 5) is 0. The molecule has 0 bridgehead atoms. The van der Waals surface area contributed by atoms with Crippen LogP contribution in [-0.2, 0) is 6.18 Å². The summed E-state index contributed by atoms with van der Waals surface area (Å²) in [6.07, 6.45) is -3.06. The molecule has 0 atom stereocenters. The summed E-state index contributed by atoms with van der Waals surface area (Å²) in [6, 6.07) is 8.88. The van der Waals surface area contributed by atoms with Gasteiger partial charge in [0.15, 0.2) is 0 Å². The van der Waals surface area contributed by atoms with Gasteiger partial charge in [0, 0.05) is 5.56 Å². The Morgan fingerprint density at radius 2 is 1.63 bits per heavy atom. The summed E-state index contributed by atoms with van der Waals surface area (Å²) < 4.78 is 52.5. The molecule has 2 aromatic rings. The van der Waals surface area contributed by atoms with Gasteiger partial charge in [-0.15, -0.1) is 0 Å². The van der Waals surface area contributed by atoms with Gasteiger partial charge in [-0.25, -0.2) is 4.39 Å². The van der Waals surface area contributed by atoms with Gasteiger partial charge in [0.25, 0.3) is 0 Å². The lowest BCUT2D eigenvalue weighted by atomic mass is 9.97. The first-order chi connectivity index (χ1) is 8.93. The van der Waals surface area contributed by atoms with E-state index in [0.717, 1.165) is 12.1 Å². The van der Waals surface area contributed by atoms with Gasteiger partial charge in [-0.2, -0.15) is 13.2 Å². The molecular formula is C15H10F4. The molecule has 0 unspecified atom stereocenters. The topological polar surface area (TPSA) is 0 Å². The molecule has 4 heteroatoms. The summed E-state index contributed by atoms with van der Waals surface area (Å²) in [5.74, 6) is -0.692. The summed E-state index contributed by atoms with van der Waals surface area (Å²) in [7, 11) is 0. The van der Waals surface area contributed by atoms with Crippen molar-refractivity contribution in [1.29, 1.82) is 0 Å². The van der Waals surface area contributed by atoms with Crippen LogP contribution >= 0.6 is 0 Å². The first kappa shape index (κ1) is 13.3. The first-order valence-electron chi connectivity index (χ1n) is 5.52. The summed E-state index contributed by atoms with van der Waals surface area (Å²) in [5, 5.41) is 0. The van der Waals surface area contributed by atoms with Crippen molar-refractivity contribution >= 4 is 6.08 Å². The van der Waals surface area contributed by atoms with Crippen molar-refractivity contribution in [3.63, 3.8) is 0 Å².